The van der Waals surface area contributed by atoms with Crippen molar-refractivity contribution in [2.24, 2.45) is 0 Å². The zero-order valence-corrected chi connectivity index (χ0v) is 11.8. The first-order valence-corrected chi connectivity index (χ1v) is 7.02. The molecule has 0 bridgehead atoms. The number of benzene rings is 1. The molecule has 2 N–H and O–H groups in total. The number of alkyl halides is 2. The second-order valence-corrected chi connectivity index (χ2v) is 5.38. The van der Waals surface area contributed by atoms with Gasteiger partial charge >= 0.3 is 13.7 Å². The van der Waals surface area contributed by atoms with E-state index in [1.54, 1.807) is 0 Å². The maximum Gasteiger partial charge on any atom is 0.507 e. The van der Waals surface area contributed by atoms with Crippen molar-refractivity contribution in [2.75, 3.05) is 0 Å². The predicted molar refractivity (Wildman–Crippen MR) is 76.0 cm³/mol. The Morgan fingerprint density at radius 1 is 1.35 bits per heavy atom. The molecule has 5 nitrogen and oxygen atoms in total. The number of rotatable bonds is 4. The van der Waals surface area contributed by atoms with Gasteiger partial charge in [0.1, 0.15) is 6.07 Å². The van der Waals surface area contributed by atoms with Gasteiger partial charge in [-0.05, 0) is 25.3 Å². The van der Waals surface area contributed by atoms with Crippen LogP contribution in [-0.4, -0.2) is 28.3 Å². The van der Waals surface area contributed by atoms with Crippen LogP contribution in [0.2, 0.25) is 0 Å². The lowest BCUT2D eigenvalue weighted by Gasteiger charge is -2.30. The summed E-state index contributed by atoms with van der Waals surface area (Å²) >= 11 is 0. The monoisotopic (exact) mass is 324 g/mol. The smallest absolute Gasteiger partial charge is 0.432 e. The van der Waals surface area contributed by atoms with Gasteiger partial charge in [-0.25, -0.2) is 4.39 Å². The Bertz CT molecular complexity index is 797. The Morgan fingerprint density at radius 2 is 2.04 bits per heavy atom. The van der Waals surface area contributed by atoms with E-state index in [-0.39, 0.29) is 28.1 Å². The van der Waals surface area contributed by atoms with Crippen LogP contribution in [0, 0.1) is 17.1 Å². The van der Waals surface area contributed by atoms with Crippen molar-refractivity contribution in [2.45, 2.75) is 31.9 Å². The number of hydrogen-bond acceptors (Lipinski definition) is 4. The molecule has 0 aliphatic heterocycles. The summed E-state index contributed by atoms with van der Waals surface area (Å²) in [6, 6.07) is 3.72. The van der Waals surface area contributed by atoms with Gasteiger partial charge in [-0.3, -0.25) is 0 Å². The molecule has 0 saturated heterocycles. The van der Waals surface area contributed by atoms with Crippen molar-refractivity contribution in [1.82, 2.24) is 4.57 Å². The van der Waals surface area contributed by atoms with Gasteiger partial charge in [-0.15, -0.1) is 0 Å². The SMILES string of the molecule is N#Cc1c(B(O)O)n(C2CCC2)c2cc(OC(F)F)c(F)cc12. The molecule has 0 unspecified atom stereocenters. The summed E-state index contributed by atoms with van der Waals surface area (Å²) in [5, 5.41) is 28.7. The zero-order chi connectivity index (χ0) is 16.7. The Kier molecular flexibility index (Phi) is 3.96. The van der Waals surface area contributed by atoms with E-state index in [9.17, 15) is 28.5 Å². The topological polar surface area (TPSA) is 78.4 Å². The summed E-state index contributed by atoms with van der Waals surface area (Å²) in [4.78, 5) is 0. The van der Waals surface area contributed by atoms with E-state index in [2.05, 4.69) is 4.74 Å². The van der Waals surface area contributed by atoms with Crippen LogP contribution in [0.4, 0.5) is 13.2 Å². The lowest BCUT2D eigenvalue weighted by molar-refractivity contribution is -0.0521. The highest BCUT2D eigenvalue weighted by Gasteiger charge is 2.32. The van der Waals surface area contributed by atoms with Crippen molar-refractivity contribution in [3.05, 3.63) is 23.5 Å². The molecule has 0 radical (unpaired) electrons. The summed E-state index contributed by atoms with van der Waals surface area (Å²) in [7, 11) is -1.93. The van der Waals surface area contributed by atoms with Crippen LogP contribution < -0.4 is 10.3 Å². The van der Waals surface area contributed by atoms with E-state index >= 15 is 0 Å². The molecule has 1 aromatic carbocycles. The first-order chi connectivity index (χ1) is 10.9. The van der Waals surface area contributed by atoms with E-state index < -0.39 is 25.3 Å². The van der Waals surface area contributed by atoms with E-state index in [0.717, 1.165) is 31.4 Å². The molecule has 9 heteroatoms. The van der Waals surface area contributed by atoms with Gasteiger partial charge in [0, 0.05) is 17.5 Å². The molecule has 120 valence electrons. The van der Waals surface area contributed by atoms with Crippen LogP contribution in [0.25, 0.3) is 10.9 Å². The van der Waals surface area contributed by atoms with Crippen LogP contribution in [0.5, 0.6) is 5.75 Å². The van der Waals surface area contributed by atoms with E-state index in [1.807, 2.05) is 6.07 Å². The molecule has 1 heterocycles. The molecular formula is C14H12BF3N2O3. The summed E-state index contributed by atoms with van der Waals surface area (Å²) in [6.45, 7) is -3.19. The number of aromatic nitrogens is 1. The molecule has 2 aromatic rings. The Labute approximate surface area is 129 Å². The Morgan fingerprint density at radius 3 is 2.52 bits per heavy atom. The number of hydrogen-bond donors (Lipinski definition) is 2. The van der Waals surface area contributed by atoms with Gasteiger partial charge in [0.15, 0.2) is 11.6 Å². The summed E-state index contributed by atoms with van der Waals surface area (Å²) in [6.07, 6.45) is 2.42. The van der Waals surface area contributed by atoms with Gasteiger partial charge in [0.05, 0.1) is 16.7 Å². The Balaban J connectivity index is 2.30. The number of nitriles is 1. The van der Waals surface area contributed by atoms with E-state index in [4.69, 9.17) is 0 Å². The van der Waals surface area contributed by atoms with Crippen molar-refractivity contribution >= 4 is 23.6 Å². The number of ether oxygens (including phenoxy) is 1. The molecule has 0 amide bonds. The molecular weight excluding hydrogens is 312 g/mol. The first kappa shape index (κ1) is 15.7. The highest BCUT2D eigenvalue weighted by atomic mass is 19.3. The van der Waals surface area contributed by atoms with Crippen molar-refractivity contribution < 1.29 is 28.0 Å². The van der Waals surface area contributed by atoms with Crippen LogP contribution in [0.3, 0.4) is 0 Å². The third kappa shape index (κ3) is 2.54. The second kappa shape index (κ2) is 5.79. The molecule has 3 rings (SSSR count). The minimum absolute atomic E-state index is 0.0548. The second-order valence-electron chi connectivity index (χ2n) is 5.38. The third-order valence-corrected chi connectivity index (χ3v) is 4.11. The molecule has 23 heavy (non-hydrogen) atoms. The Hall–Kier alpha value is -2.18. The molecule has 1 aliphatic rings. The fourth-order valence-electron chi connectivity index (χ4n) is 2.93. The van der Waals surface area contributed by atoms with Crippen molar-refractivity contribution in [3.8, 4) is 11.8 Å². The van der Waals surface area contributed by atoms with E-state index in [0.29, 0.717) is 0 Å². The van der Waals surface area contributed by atoms with Gasteiger partial charge in [0.2, 0.25) is 0 Å². The predicted octanol–water partition coefficient (Wildman–Crippen LogP) is 1.66. The maximum atomic E-state index is 13.9. The fourth-order valence-corrected chi connectivity index (χ4v) is 2.93. The molecule has 1 fully saturated rings. The first-order valence-electron chi connectivity index (χ1n) is 7.02. The average molecular weight is 324 g/mol. The van der Waals surface area contributed by atoms with Gasteiger partial charge in [-0.1, -0.05) is 0 Å². The van der Waals surface area contributed by atoms with Gasteiger partial charge < -0.3 is 19.4 Å². The lowest BCUT2D eigenvalue weighted by Crippen LogP contribution is -2.41. The van der Waals surface area contributed by atoms with Crippen molar-refractivity contribution in [1.29, 1.82) is 5.26 Å². The molecule has 1 aromatic heterocycles. The molecule has 0 atom stereocenters. The van der Waals surface area contributed by atoms with Crippen LogP contribution >= 0.6 is 0 Å². The molecule has 0 spiro atoms. The van der Waals surface area contributed by atoms with Crippen LogP contribution in [0.15, 0.2) is 12.1 Å². The third-order valence-electron chi connectivity index (χ3n) is 4.11. The highest BCUT2D eigenvalue weighted by Crippen LogP contribution is 2.37. The largest absolute Gasteiger partial charge is 0.507 e. The minimum atomic E-state index is -3.19. The standard InChI is InChI=1S/C14H12BF3N2O3/c16-10-4-8-9(6-19)13(15(21)22)20(7-2-1-3-7)11(8)5-12(10)23-14(17)18/h4-5,7,14,21-22H,1-3H2. The van der Waals surface area contributed by atoms with Crippen LogP contribution in [-0.2, 0) is 0 Å². The fraction of sp³-hybridized carbons (Fsp3) is 0.357. The number of halogens is 3. The molecule has 1 saturated carbocycles. The summed E-state index contributed by atoms with van der Waals surface area (Å²) < 4.78 is 44.4. The summed E-state index contributed by atoms with van der Waals surface area (Å²) in [5.74, 6) is -1.69. The minimum Gasteiger partial charge on any atom is -0.432 e. The van der Waals surface area contributed by atoms with Crippen molar-refractivity contribution in [3.63, 3.8) is 0 Å². The average Bonchev–Trinajstić information content (AvgIpc) is 2.71. The van der Waals surface area contributed by atoms with E-state index in [1.165, 1.54) is 4.57 Å². The number of fused-ring (bicyclic) bond motifs is 1. The summed E-state index contributed by atoms with van der Waals surface area (Å²) in [5.41, 5.74) is 0.136. The zero-order valence-electron chi connectivity index (χ0n) is 11.8. The number of nitrogens with zero attached hydrogens (tertiary/aromatic N) is 2. The molecule has 1 aliphatic carbocycles. The normalized spacial score (nSPS) is 14.8. The van der Waals surface area contributed by atoms with Crippen LogP contribution in [0.1, 0.15) is 30.9 Å². The highest BCUT2D eigenvalue weighted by molar-refractivity contribution is 6.59. The quantitative estimate of drug-likeness (QED) is 0.839. The van der Waals surface area contributed by atoms with Gasteiger partial charge in [0.25, 0.3) is 0 Å². The van der Waals surface area contributed by atoms with Gasteiger partial charge in [-0.2, -0.15) is 14.0 Å². The maximum absolute atomic E-state index is 13.9. The lowest BCUT2D eigenvalue weighted by atomic mass is 9.81.